The molecule has 2 atom stereocenters. The van der Waals surface area contributed by atoms with Gasteiger partial charge in [0.2, 0.25) is 5.91 Å². The molecule has 0 spiro atoms. The molecule has 32 heavy (non-hydrogen) atoms. The molecular formula is C24H36N4O4. The molecule has 3 aliphatic rings. The van der Waals surface area contributed by atoms with E-state index in [1.165, 1.54) is 5.56 Å². The summed E-state index contributed by atoms with van der Waals surface area (Å²) in [6.07, 6.45) is 1.46. The lowest BCUT2D eigenvalue weighted by Crippen LogP contribution is -2.56. The Morgan fingerprint density at radius 2 is 1.66 bits per heavy atom. The van der Waals surface area contributed by atoms with Crippen molar-refractivity contribution in [3.8, 4) is 0 Å². The van der Waals surface area contributed by atoms with Gasteiger partial charge in [-0.3, -0.25) is 9.69 Å². The lowest BCUT2D eigenvalue weighted by molar-refractivity contribution is -0.131. The quantitative estimate of drug-likeness (QED) is 0.712. The molecule has 176 valence electrons. The average Bonchev–Trinajstić information content (AvgIpc) is 3.36. The molecular weight excluding hydrogens is 408 g/mol. The maximum atomic E-state index is 12.8. The Morgan fingerprint density at radius 1 is 0.969 bits per heavy atom. The molecule has 3 amide bonds. The summed E-state index contributed by atoms with van der Waals surface area (Å²) in [7, 11) is 0. The summed E-state index contributed by atoms with van der Waals surface area (Å²) in [5.74, 6) is 0.576. The van der Waals surface area contributed by atoms with E-state index in [-0.39, 0.29) is 18.0 Å². The Bertz CT molecular complexity index is 752. The van der Waals surface area contributed by atoms with Gasteiger partial charge in [0, 0.05) is 64.4 Å². The van der Waals surface area contributed by atoms with Gasteiger partial charge in [-0.2, -0.15) is 0 Å². The second kappa shape index (κ2) is 11.1. The SMILES string of the molecule is Cc1ccc(CC(=O)N2CCN(C(=O)NCC(C3CCOC3)N3CCOCC3)CC2)cc1. The number of piperazine rings is 1. The summed E-state index contributed by atoms with van der Waals surface area (Å²) in [6.45, 7) is 9.84. The highest BCUT2D eigenvalue weighted by Crippen LogP contribution is 2.22. The number of aryl methyl sites for hydroxylation is 1. The summed E-state index contributed by atoms with van der Waals surface area (Å²) in [6, 6.07) is 8.34. The molecule has 0 saturated carbocycles. The van der Waals surface area contributed by atoms with Crippen LogP contribution in [-0.4, -0.2) is 105 Å². The number of ether oxygens (including phenoxy) is 2. The van der Waals surface area contributed by atoms with Crippen molar-refractivity contribution in [1.29, 1.82) is 0 Å². The molecule has 0 aliphatic carbocycles. The van der Waals surface area contributed by atoms with Crippen molar-refractivity contribution in [2.75, 3.05) is 72.2 Å². The molecule has 3 fully saturated rings. The average molecular weight is 445 g/mol. The van der Waals surface area contributed by atoms with Crippen molar-refractivity contribution < 1.29 is 19.1 Å². The van der Waals surface area contributed by atoms with Crippen LogP contribution >= 0.6 is 0 Å². The molecule has 1 N–H and O–H groups in total. The molecule has 2 unspecified atom stereocenters. The Kier molecular flexibility index (Phi) is 8.00. The van der Waals surface area contributed by atoms with Gasteiger partial charge in [0.15, 0.2) is 0 Å². The summed E-state index contributed by atoms with van der Waals surface area (Å²) < 4.78 is 11.1. The highest BCUT2D eigenvalue weighted by molar-refractivity contribution is 5.79. The number of rotatable bonds is 6. The number of nitrogens with zero attached hydrogens (tertiary/aromatic N) is 3. The summed E-state index contributed by atoms with van der Waals surface area (Å²) in [5.41, 5.74) is 2.22. The van der Waals surface area contributed by atoms with Crippen LogP contribution in [0.15, 0.2) is 24.3 Å². The Hall–Kier alpha value is -2.16. The predicted octanol–water partition coefficient (Wildman–Crippen LogP) is 1.13. The number of hydrogen-bond donors (Lipinski definition) is 1. The van der Waals surface area contributed by atoms with Crippen LogP contribution in [0.2, 0.25) is 0 Å². The molecule has 1 aromatic carbocycles. The van der Waals surface area contributed by atoms with Crippen molar-refractivity contribution in [1.82, 2.24) is 20.0 Å². The normalized spacial score (nSPS) is 23.2. The van der Waals surface area contributed by atoms with Gasteiger partial charge in [0.1, 0.15) is 0 Å². The van der Waals surface area contributed by atoms with Gasteiger partial charge in [0.25, 0.3) is 0 Å². The number of morpholine rings is 1. The Balaban J connectivity index is 1.23. The first-order valence-corrected chi connectivity index (χ1v) is 11.9. The van der Waals surface area contributed by atoms with Crippen molar-refractivity contribution in [2.45, 2.75) is 25.8 Å². The van der Waals surface area contributed by atoms with E-state index >= 15 is 0 Å². The Labute approximate surface area is 190 Å². The molecule has 3 saturated heterocycles. The zero-order chi connectivity index (χ0) is 22.3. The van der Waals surface area contributed by atoms with E-state index in [0.29, 0.717) is 45.1 Å². The van der Waals surface area contributed by atoms with Crippen LogP contribution in [0.25, 0.3) is 0 Å². The van der Waals surface area contributed by atoms with Crippen LogP contribution in [0, 0.1) is 12.8 Å². The van der Waals surface area contributed by atoms with Gasteiger partial charge >= 0.3 is 6.03 Å². The monoisotopic (exact) mass is 444 g/mol. The second-order valence-corrected chi connectivity index (χ2v) is 9.06. The van der Waals surface area contributed by atoms with E-state index in [1.54, 1.807) is 0 Å². The van der Waals surface area contributed by atoms with Gasteiger partial charge in [0.05, 0.1) is 26.2 Å². The molecule has 8 nitrogen and oxygen atoms in total. The molecule has 0 radical (unpaired) electrons. The third-order valence-electron chi connectivity index (χ3n) is 6.88. The molecule has 0 bridgehead atoms. The molecule has 8 heteroatoms. The second-order valence-electron chi connectivity index (χ2n) is 9.06. The first kappa shape index (κ1) is 23.0. The minimum atomic E-state index is -0.0344. The maximum absolute atomic E-state index is 12.8. The first-order chi connectivity index (χ1) is 15.6. The van der Waals surface area contributed by atoms with E-state index in [1.807, 2.05) is 41.0 Å². The largest absolute Gasteiger partial charge is 0.381 e. The molecule has 1 aromatic rings. The van der Waals surface area contributed by atoms with E-state index in [0.717, 1.165) is 51.5 Å². The van der Waals surface area contributed by atoms with Crippen molar-refractivity contribution in [2.24, 2.45) is 5.92 Å². The number of hydrogen-bond acceptors (Lipinski definition) is 5. The number of nitrogens with one attached hydrogen (secondary N) is 1. The van der Waals surface area contributed by atoms with Crippen LogP contribution in [0.5, 0.6) is 0 Å². The number of amides is 3. The van der Waals surface area contributed by atoms with E-state index in [4.69, 9.17) is 9.47 Å². The molecule has 4 rings (SSSR count). The van der Waals surface area contributed by atoms with Crippen molar-refractivity contribution in [3.63, 3.8) is 0 Å². The number of urea groups is 1. The summed E-state index contributed by atoms with van der Waals surface area (Å²) >= 11 is 0. The number of benzene rings is 1. The van der Waals surface area contributed by atoms with E-state index in [2.05, 4.69) is 10.2 Å². The maximum Gasteiger partial charge on any atom is 0.317 e. The van der Waals surface area contributed by atoms with Crippen molar-refractivity contribution in [3.05, 3.63) is 35.4 Å². The van der Waals surface area contributed by atoms with Crippen LogP contribution in [-0.2, 0) is 20.7 Å². The number of carbonyl (C=O) groups is 2. The van der Waals surface area contributed by atoms with Crippen molar-refractivity contribution >= 4 is 11.9 Å². The predicted molar refractivity (Wildman–Crippen MR) is 122 cm³/mol. The van der Waals surface area contributed by atoms with Crippen LogP contribution < -0.4 is 5.32 Å². The summed E-state index contributed by atoms with van der Waals surface area (Å²) in [5, 5.41) is 3.16. The van der Waals surface area contributed by atoms with E-state index < -0.39 is 0 Å². The summed E-state index contributed by atoms with van der Waals surface area (Å²) in [4.78, 5) is 31.6. The van der Waals surface area contributed by atoms with Crippen LogP contribution in [0.1, 0.15) is 17.5 Å². The third kappa shape index (κ3) is 5.99. The fourth-order valence-electron chi connectivity index (χ4n) is 4.81. The van der Waals surface area contributed by atoms with Crippen LogP contribution in [0.4, 0.5) is 4.79 Å². The third-order valence-corrected chi connectivity index (χ3v) is 6.88. The minimum Gasteiger partial charge on any atom is -0.381 e. The van der Waals surface area contributed by atoms with Gasteiger partial charge in [-0.05, 0) is 18.9 Å². The highest BCUT2D eigenvalue weighted by atomic mass is 16.5. The topological polar surface area (TPSA) is 74.4 Å². The lowest BCUT2D eigenvalue weighted by Gasteiger charge is -2.38. The zero-order valence-corrected chi connectivity index (χ0v) is 19.1. The fraction of sp³-hybridized carbons (Fsp3) is 0.667. The minimum absolute atomic E-state index is 0.0344. The van der Waals surface area contributed by atoms with Gasteiger partial charge < -0.3 is 24.6 Å². The molecule has 3 heterocycles. The molecule has 3 aliphatic heterocycles. The lowest BCUT2D eigenvalue weighted by atomic mass is 9.97. The van der Waals surface area contributed by atoms with Gasteiger partial charge in [-0.1, -0.05) is 29.8 Å². The smallest absolute Gasteiger partial charge is 0.317 e. The number of carbonyl (C=O) groups excluding carboxylic acids is 2. The zero-order valence-electron chi connectivity index (χ0n) is 19.1. The highest BCUT2D eigenvalue weighted by Gasteiger charge is 2.32. The fourth-order valence-corrected chi connectivity index (χ4v) is 4.81. The first-order valence-electron chi connectivity index (χ1n) is 11.9. The van der Waals surface area contributed by atoms with E-state index in [9.17, 15) is 9.59 Å². The van der Waals surface area contributed by atoms with Gasteiger partial charge in [-0.25, -0.2) is 4.79 Å². The van der Waals surface area contributed by atoms with Crippen LogP contribution in [0.3, 0.4) is 0 Å². The standard InChI is InChI=1S/C24H36N4O4/c1-19-2-4-20(5-3-19)16-23(29)27-7-9-28(10-8-27)24(30)25-17-22(21-6-13-32-18-21)26-11-14-31-15-12-26/h2-5,21-22H,6-18H2,1H3,(H,25,30). The molecule has 0 aromatic heterocycles. The Morgan fingerprint density at radius 3 is 2.31 bits per heavy atom. The van der Waals surface area contributed by atoms with Gasteiger partial charge in [-0.15, -0.1) is 0 Å².